The molecule has 0 atom stereocenters. The molecule has 0 heterocycles. The van der Waals surface area contributed by atoms with Crippen molar-refractivity contribution in [2.24, 2.45) is 0 Å². The number of unbranched alkanes of at least 4 members (excludes halogenated alkanes) is 2. The summed E-state index contributed by atoms with van der Waals surface area (Å²) < 4.78 is 0. The molecule has 0 aliphatic carbocycles. The van der Waals surface area contributed by atoms with Crippen molar-refractivity contribution < 1.29 is 0 Å². The Hall–Kier alpha value is -0.240. The first kappa shape index (κ1) is 14.8. The second-order valence-electron chi connectivity index (χ2n) is 4.30. The Bertz CT molecular complexity index is 326. The molecule has 1 aromatic carbocycles. The van der Waals surface area contributed by atoms with Crippen LogP contribution in [0.25, 0.3) is 0 Å². The second kappa shape index (κ2) is 8.79. The van der Waals surface area contributed by atoms with E-state index in [0.29, 0.717) is 5.02 Å². The van der Waals surface area contributed by atoms with Gasteiger partial charge in [-0.1, -0.05) is 42.6 Å². The summed E-state index contributed by atoms with van der Waals surface area (Å²) in [6.45, 7) is 4.45. The van der Waals surface area contributed by atoms with Crippen LogP contribution in [0.2, 0.25) is 10.0 Å². The number of hydrogen-bond donors (Lipinski definition) is 1. The SMILES string of the molecule is CCCNCCCCCc1ccc(Cl)cc1Cl. The normalized spacial score (nSPS) is 10.8. The molecule has 1 nitrogen and oxygen atoms in total. The van der Waals surface area contributed by atoms with Gasteiger partial charge in [0.1, 0.15) is 0 Å². The van der Waals surface area contributed by atoms with Gasteiger partial charge in [-0.2, -0.15) is 0 Å². The summed E-state index contributed by atoms with van der Waals surface area (Å²) in [6.07, 6.45) is 5.93. The van der Waals surface area contributed by atoms with E-state index in [9.17, 15) is 0 Å². The Morgan fingerprint density at radius 3 is 2.59 bits per heavy atom. The quantitative estimate of drug-likeness (QED) is 0.677. The molecule has 0 spiro atoms. The second-order valence-corrected chi connectivity index (χ2v) is 5.14. The Kier molecular flexibility index (Phi) is 7.67. The standard InChI is InChI=1S/C14H21Cl2N/c1-2-9-17-10-5-3-4-6-12-7-8-13(15)11-14(12)16/h7-8,11,17H,2-6,9-10H2,1H3. The van der Waals surface area contributed by atoms with Crippen molar-refractivity contribution >= 4 is 23.2 Å². The topological polar surface area (TPSA) is 12.0 Å². The lowest BCUT2D eigenvalue weighted by molar-refractivity contribution is 0.599. The summed E-state index contributed by atoms with van der Waals surface area (Å²) in [6, 6.07) is 5.76. The van der Waals surface area contributed by atoms with Crippen molar-refractivity contribution in [1.82, 2.24) is 5.32 Å². The highest BCUT2D eigenvalue weighted by Crippen LogP contribution is 2.22. The molecule has 0 amide bonds. The van der Waals surface area contributed by atoms with Gasteiger partial charge in [-0.15, -0.1) is 0 Å². The summed E-state index contributed by atoms with van der Waals surface area (Å²) in [7, 11) is 0. The van der Waals surface area contributed by atoms with Gasteiger partial charge < -0.3 is 5.32 Å². The van der Waals surface area contributed by atoms with Crippen LogP contribution in [0.1, 0.15) is 38.2 Å². The van der Waals surface area contributed by atoms with E-state index >= 15 is 0 Å². The van der Waals surface area contributed by atoms with E-state index in [1.807, 2.05) is 18.2 Å². The molecule has 0 bridgehead atoms. The molecule has 1 aromatic rings. The number of aryl methyl sites for hydroxylation is 1. The molecule has 0 radical (unpaired) electrons. The molecule has 1 rings (SSSR count). The van der Waals surface area contributed by atoms with Crippen molar-refractivity contribution in [3.05, 3.63) is 33.8 Å². The van der Waals surface area contributed by atoms with Crippen molar-refractivity contribution in [2.45, 2.75) is 39.0 Å². The largest absolute Gasteiger partial charge is 0.317 e. The minimum atomic E-state index is 0.711. The van der Waals surface area contributed by atoms with Crippen LogP contribution in [0.4, 0.5) is 0 Å². The van der Waals surface area contributed by atoms with Gasteiger partial charge in [0.25, 0.3) is 0 Å². The Labute approximate surface area is 115 Å². The first-order valence-electron chi connectivity index (χ1n) is 6.38. The van der Waals surface area contributed by atoms with E-state index < -0.39 is 0 Å². The van der Waals surface area contributed by atoms with Crippen molar-refractivity contribution in [2.75, 3.05) is 13.1 Å². The van der Waals surface area contributed by atoms with Crippen LogP contribution in [-0.2, 0) is 6.42 Å². The highest BCUT2D eigenvalue weighted by molar-refractivity contribution is 6.35. The van der Waals surface area contributed by atoms with Gasteiger partial charge in [0.2, 0.25) is 0 Å². The molecule has 0 saturated carbocycles. The lowest BCUT2D eigenvalue weighted by atomic mass is 10.1. The van der Waals surface area contributed by atoms with E-state index in [2.05, 4.69) is 12.2 Å². The van der Waals surface area contributed by atoms with E-state index in [1.165, 1.54) is 31.2 Å². The number of halogens is 2. The molecule has 17 heavy (non-hydrogen) atoms. The number of benzene rings is 1. The van der Waals surface area contributed by atoms with Gasteiger partial charge >= 0.3 is 0 Å². The van der Waals surface area contributed by atoms with Gasteiger partial charge in [-0.3, -0.25) is 0 Å². The zero-order chi connectivity index (χ0) is 12.5. The number of nitrogens with one attached hydrogen (secondary N) is 1. The molecule has 0 aromatic heterocycles. The highest BCUT2D eigenvalue weighted by atomic mass is 35.5. The zero-order valence-corrected chi connectivity index (χ0v) is 11.9. The van der Waals surface area contributed by atoms with Crippen LogP contribution in [-0.4, -0.2) is 13.1 Å². The third-order valence-electron chi connectivity index (χ3n) is 2.74. The summed E-state index contributed by atoms with van der Waals surface area (Å²) >= 11 is 12.0. The molecular formula is C14H21Cl2N. The van der Waals surface area contributed by atoms with Crippen LogP contribution >= 0.6 is 23.2 Å². The highest BCUT2D eigenvalue weighted by Gasteiger charge is 2.00. The molecule has 0 saturated heterocycles. The Morgan fingerprint density at radius 1 is 1.06 bits per heavy atom. The summed E-state index contributed by atoms with van der Waals surface area (Å²) in [5.41, 5.74) is 1.21. The zero-order valence-electron chi connectivity index (χ0n) is 10.4. The van der Waals surface area contributed by atoms with Gasteiger partial charge in [-0.25, -0.2) is 0 Å². The first-order valence-corrected chi connectivity index (χ1v) is 7.14. The van der Waals surface area contributed by atoms with Crippen molar-refractivity contribution in [3.63, 3.8) is 0 Å². The lowest BCUT2D eigenvalue weighted by Gasteiger charge is -2.05. The van der Waals surface area contributed by atoms with E-state index in [4.69, 9.17) is 23.2 Å². The number of hydrogen-bond acceptors (Lipinski definition) is 1. The van der Waals surface area contributed by atoms with E-state index in [0.717, 1.165) is 24.5 Å². The molecule has 0 aliphatic heterocycles. The van der Waals surface area contributed by atoms with Crippen LogP contribution in [0, 0.1) is 0 Å². The first-order chi connectivity index (χ1) is 8.24. The summed E-state index contributed by atoms with van der Waals surface area (Å²) in [5.74, 6) is 0. The maximum Gasteiger partial charge on any atom is 0.0452 e. The van der Waals surface area contributed by atoms with Gasteiger partial charge in [0.05, 0.1) is 0 Å². The molecule has 0 unspecified atom stereocenters. The predicted molar refractivity (Wildman–Crippen MR) is 77.2 cm³/mol. The Balaban J connectivity index is 2.14. The van der Waals surface area contributed by atoms with Crippen LogP contribution < -0.4 is 5.32 Å². The van der Waals surface area contributed by atoms with Crippen LogP contribution in [0.15, 0.2) is 18.2 Å². The fraction of sp³-hybridized carbons (Fsp3) is 0.571. The van der Waals surface area contributed by atoms with Gasteiger partial charge in [-0.05, 0) is 56.5 Å². The summed E-state index contributed by atoms with van der Waals surface area (Å²) in [4.78, 5) is 0. The third-order valence-corrected chi connectivity index (χ3v) is 3.33. The summed E-state index contributed by atoms with van der Waals surface area (Å²) in [5, 5.41) is 4.91. The van der Waals surface area contributed by atoms with E-state index in [1.54, 1.807) is 0 Å². The van der Waals surface area contributed by atoms with Gasteiger partial charge in [0.15, 0.2) is 0 Å². The van der Waals surface area contributed by atoms with Crippen molar-refractivity contribution in [1.29, 1.82) is 0 Å². The maximum absolute atomic E-state index is 6.11. The molecule has 0 fully saturated rings. The maximum atomic E-state index is 6.11. The monoisotopic (exact) mass is 273 g/mol. The number of rotatable bonds is 8. The average Bonchev–Trinajstić information content (AvgIpc) is 2.30. The van der Waals surface area contributed by atoms with Gasteiger partial charge in [0, 0.05) is 10.0 Å². The van der Waals surface area contributed by atoms with E-state index in [-0.39, 0.29) is 0 Å². The smallest absolute Gasteiger partial charge is 0.0452 e. The minimum absolute atomic E-state index is 0.711. The molecule has 96 valence electrons. The Morgan fingerprint density at radius 2 is 1.88 bits per heavy atom. The van der Waals surface area contributed by atoms with Crippen molar-refractivity contribution in [3.8, 4) is 0 Å². The molecular weight excluding hydrogens is 253 g/mol. The predicted octanol–water partition coefficient (Wildman–Crippen LogP) is 4.71. The van der Waals surface area contributed by atoms with Crippen LogP contribution in [0.3, 0.4) is 0 Å². The third kappa shape index (κ3) is 6.30. The minimum Gasteiger partial charge on any atom is -0.317 e. The fourth-order valence-electron chi connectivity index (χ4n) is 1.77. The fourth-order valence-corrected chi connectivity index (χ4v) is 2.27. The van der Waals surface area contributed by atoms with Crippen LogP contribution in [0.5, 0.6) is 0 Å². The molecule has 1 N–H and O–H groups in total. The lowest BCUT2D eigenvalue weighted by Crippen LogP contribution is -2.15. The average molecular weight is 274 g/mol. The molecule has 0 aliphatic rings. The molecule has 3 heteroatoms.